The fraction of sp³-hybridized carbons (Fsp3) is 0.211. The maximum absolute atomic E-state index is 9.86. The highest BCUT2D eigenvalue weighted by molar-refractivity contribution is 6.13. The molecule has 114 valence electrons. The first-order chi connectivity index (χ1) is 10.5. The van der Waals surface area contributed by atoms with Gasteiger partial charge < -0.3 is 9.84 Å². The van der Waals surface area contributed by atoms with Crippen LogP contribution in [0.25, 0.3) is 0 Å². The fourth-order valence-electron chi connectivity index (χ4n) is 1.97. The number of rotatable bonds is 4. The second kappa shape index (κ2) is 6.94. The van der Waals surface area contributed by atoms with Crippen molar-refractivity contribution < 1.29 is 9.84 Å². The van der Waals surface area contributed by atoms with E-state index >= 15 is 0 Å². The molecule has 1 N–H and O–H groups in total. The zero-order valence-corrected chi connectivity index (χ0v) is 13.2. The second-order valence-corrected chi connectivity index (χ2v) is 5.89. The first kappa shape index (κ1) is 15.8. The highest BCUT2D eigenvalue weighted by atomic mass is 16.6. The molecule has 0 heterocycles. The van der Waals surface area contributed by atoms with E-state index in [0.717, 1.165) is 16.8 Å². The normalized spacial score (nSPS) is 11.9. The summed E-state index contributed by atoms with van der Waals surface area (Å²) in [6, 6.07) is 19.7. The smallest absolute Gasteiger partial charge is 0.296 e. The molecule has 0 aliphatic heterocycles. The van der Waals surface area contributed by atoms with Crippen molar-refractivity contribution in [3.63, 3.8) is 0 Å². The first-order valence-electron chi connectivity index (χ1n) is 7.22. The molecule has 0 saturated carbocycles. The Kier molecular flexibility index (Phi) is 4.99. The minimum Gasteiger partial charge on any atom is -0.480 e. The standard InChI is InChI=1S/C19H21NO2/c1-19(2,3)22-17(21)14-20-18(15-10-6-4-7-11-15)16-12-8-5-9-13-16/h4-14,21H,1-3H3/b17-14-. The van der Waals surface area contributed by atoms with Gasteiger partial charge in [0.15, 0.2) is 0 Å². The maximum Gasteiger partial charge on any atom is 0.296 e. The van der Waals surface area contributed by atoms with Crippen LogP contribution in [0.1, 0.15) is 31.9 Å². The van der Waals surface area contributed by atoms with Gasteiger partial charge >= 0.3 is 0 Å². The number of hydrogen-bond acceptors (Lipinski definition) is 3. The summed E-state index contributed by atoms with van der Waals surface area (Å²) in [5.41, 5.74) is 2.28. The van der Waals surface area contributed by atoms with E-state index in [2.05, 4.69) is 4.99 Å². The Hall–Kier alpha value is -2.55. The predicted molar refractivity (Wildman–Crippen MR) is 90.1 cm³/mol. The van der Waals surface area contributed by atoms with Crippen molar-refractivity contribution in [2.24, 2.45) is 4.99 Å². The van der Waals surface area contributed by atoms with Crippen molar-refractivity contribution in [2.45, 2.75) is 26.4 Å². The van der Waals surface area contributed by atoms with Crippen molar-refractivity contribution >= 4 is 5.71 Å². The molecule has 2 aromatic rings. The predicted octanol–water partition coefficient (Wildman–Crippen LogP) is 4.70. The molecular formula is C19H21NO2. The number of aliphatic imine (C=N–C) groups is 1. The molecule has 2 rings (SSSR count). The van der Waals surface area contributed by atoms with Crippen molar-refractivity contribution in [2.75, 3.05) is 0 Å². The molecule has 0 radical (unpaired) electrons. The van der Waals surface area contributed by atoms with E-state index < -0.39 is 5.60 Å². The third-order valence-electron chi connectivity index (χ3n) is 2.81. The average Bonchev–Trinajstić information content (AvgIpc) is 2.48. The lowest BCUT2D eigenvalue weighted by molar-refractivity contribution is -0.0149. The van der Waals surface area contributed by atoms with Crippen LogP contribution >= 0.6 is 0 Å². The van der Waals surface area contributed by atoms with Gasteiger partial charge in [0.05, 0.1) is 5.71 Å². The minimum absolute atomic E-state index is 0.197. The topological polar surface area (TPSA) is 41.8 Å². The van der Waals surface area contributed by atoms with Crippen LogP contribution in [0.15, 0.2) is 77.8 Å². The van der Waals surface area contributed by atoms with Crippen molar-refractivity contribution in [1.29, 1.82) is 0 Å². The largest absolute Gasteiger partial charge is 0.480 e. The van der Waals surface area contributed by atoms with Gasteiger partial charge in [-0.2, -0.15) is 0 Å². The highest BCUT2D eigenvalue weighted by Gasteiger charge is 2.13. The Bertz CT molecular complexity index is 611. The summed E-state index contributed by atoms with van der Waals surface area (Å²) in [6.45, 7) is 5.61. The van der Waals surface area contributed by atoms with E-state index in [1.165, 1.54) is 6.20 Å². The summed E-state index contributed by atoms with van der Waals surface area (Å²) >= 11 is 0. The van der Waals surface area contributed by atoms with Gasteiger partial charge in [-0.1, -0.05) is 60.7 Å². The molecular weight excluding hydrogens is 274 g/mol. The fourth-order valence-corrected chi connectivity index (χ4v) is 1.97. The van der Waals surface area contributed by atoms with Gasteiger partial charge in [-0.05, 0) is 20.8 Å². The molecule has 2 aromatic carbocycles. The van der Waals surface area contributed by atoms with E-state index in [4.69, 9.17) is 4.74 Å². The SMILES string of the molecule is CC(C)(C)O/C(O)=C\N=C(c1ccccc1)c1ccccc1. The molecule has 0 bridgehead atoms. The van der Waals surface area contributed by atoms with Crippen LogP contribution in [0.3, 0.4) is 0 Å². The molecule has 0 saturated heterocycles. The summed E-state index contributed by atoms with van der Waals surface area (Å²) in [6.07, 6.45) is 1.35. The Morgan fingerprint density at radius 1 is 0.909 bits per heavy atom. The molecule has 0 atom stereocenters. The first-order valence-corrected chi connectivity index (χ1v) is 7.22. The number of nitrogens with zero attached hydrogens (tertiary/aromatic N) is 1. The van der Waals surface area contributed by atoms with E-state index in [0.29, 0.717) is 0 Å². The van der Waals surface area contributed by atoms with Crippen LogP contribution in [0, 0.1) is 0 Å². The van der Waals surface area contributed by atoms with Crippen LogP contribution in [0.5, 0.6) is 0 Å². The zero-order chi connectivity index (χ0) is 16.0. The summed E-state index contributed by atoms with van der Waals surface area (Å²) < 4.78 is 5.37. The molecule has 3 heteroatoms. The third kappa shape index (κ3) is 4.77. The number of benzene rings is 2. The van der Waals surface area contributed by atoms with Crippen LogP contribution < -0.4 is 0 Å². The lowest BCUT2D eigenvalue weighted by Gasteiger charge is -2.19. The zero-order valence-electron chi connectivity index (χ0n) is 13.2. The lowest BCUT2D eigenvalue weighted by Crippen LogP contribution is -2.18. The van der Waals surface area contributed by atoms with Crippen molar-refractivity contribution in [1.82, 2.24) is 0 Å². The Morgan fingerprint density at radius 3 is 1.77 bits per heavy atom. The van der Waals surface area contributed by atoms with Gasteiger partial charge in [-0.25, -0.2) is 4.99 Å². The Morgan fingerprint density at radius 2 is 1.36 bits per heavy atom. The average molecular weight is 295 g/mol. The quantitative estimate of drug-likeness (QED) is 0.656. The molecule has 0 unspecified atom stereocenters. The summed E-state index contributed by atoms with van der Waals surface area (Å²) in [7, 11) is 0. The van der Waals surface area contributed by atoms with E-state index in [-0.39, 0.29) is 5.95 Å². The van der Waals surface area contributed by atoms with Crippen LogP contribution in [0.4, 0.5) is 0 Å². The van der Waals surface area contributed by atoms with Gasteiger partial charge in [0.1, 0.15) is 11.8 Å². The van der Waals surface area contributed by atoms with Crippen molar-refractivity contribution in [3.8, 4) is 0 Å². The van der Waals surface area contributed by atoms with Crippen LogP contribution in [-0.2, 0) is 4.74 Å². The molecule has 3 nitrogen and oxygen atoms in total. The lowest BCUT2D eigenvalue weighted by atomic mass is 10.0. The van der Waals surface area contributed by atoms with Gasteiger partial charge in [-0.15, -0.1) is 0 Å². The molecule has 0 aliphatic rings. The highest BCUT2D eigenvalue weighted by Crippen LogP contribution is 2.14. The van der Waals surface area contributed by atoms with Gasteiger partial charge in [0, 0.05) is 11.1 Å². The number of aliphatic hydroxyl groups is 1. The number of hydrogen-bond donors (Lipinski definition) is 1. The monoisotopic (exact) mass is 295 g/mol. The van der Waals surface area contributed by atoms with E-state index in [1.807, 2.05) is 81.4 Å². The third-order valence-corrected chi connectivity index (χ3v) is 2.81. The molecule has 0 spiro atoms. The summed E-state index contributed by atoms with van der Waals surface area (Å²) in [5, 5.41) is 9.86. The van der Waals surface area contributed by atoms with Gasteiger partial charge in [-0.3, -0.25) is 0 Å². The van der Waals surface area contributed by atoms with Crippen LogP contribution in [-0.4, -0.2) is 16.4 Å². The van der Waals surface area contributed by atoms with Crippen molar-refractivity contribution in [3.05, 3.63) is 83.9 Å². The molecule has 0 aliphatic carbocycles. The Balaban J connectivity index is 2.38. The molecule has 0 aromatic heterocycles. The van der Waals surface area contributed by atoms with Gasteiger partial charge in [0.25, 0.3) is 5.95 Å². The minimum atomic E-state index is -0.463. The maximum atomic E-state index is 9.86. The van der Waals surface area contributed by atoms with E-state index in [9.17, 15) is 5.11 Å². The molecule has 22 heavy (non-hydrogen) atoms. The summed E-state index contributed by atoms with van der Waals surface area (Å²) in [5.74, 6) is -0.197. The van der Waals surface area contributed by atoms with Gasteiger partial charge in [0.2, 0.25) is 0 Å². The summed E-state index contributed by atoms with van der Waals surface area (Å²) in [4.78, 5) is 4.43. The Labute approximate surface area is 131 Å². The molecule has 0 amide bonds. The number of aliphatic hydroxyl groups excluding tert-OH is 1. The van der Waals surface area contributed by atoms with Crippen LogP contribution in [0.2, 0.25) is 0 Å². The van der Waals surface area contributed by atoms with E-state index in [1.54, 1.807) is 0 Å². The molecule has 0 fully saturated rings. The second-order valence-electron chi connectivity index (χ2n) is 5.89. The number of ether oxygens (including phenoxy) is 1.